The lowest BCUT2D eigenvalue weighted by atomic mass is 9.89. The maximum Gasteiger partial charge on any atom is 0.223 e. The smallest absolute Gasteiger partial charge is 0.223 e. The number of amides is 1. The molecule has 90 valence electrons. The summed E-state index contributed by atoms with van der Waals surface area (Å²) in [5.41, 5.74) is 0. The van der Waals surface area contributed by atoms with Gasteiger partial charge in [-0.3, -0.25) is 9.59 Å². The lowest BCUT2D eigenvalue weighted by molar-refractivity contribution is -0.131. The molecule has 3 nitrogen and oxygen atoms in total. The van der Waals surface area contributed by atoms with Crippen molar-refractivity contribution >= 4 is 11.7 Å². The van der Waals surface area contributed by atoms with Gasteiger partial charge in [-0.25, -0.2) is 0 Å². The molecule has 0 radical (unpaired) electrons. The Morgan fingerprint density at radius 2 is 1.75 bits per heavy atom. The van der Waals surface area contributed by atoms with E-state index in [0.29, 0.717) is 31.7 Å². The minimum absolute atomic E-state index is 0.191. The van der Waals surface area contributed by atoms with Crippen molar-refractivity contribution in [1.29, 1.82) is 0 Å². The highest BCUT2D eigenvalue weighted by molar-refractivity contribution is 5.87. The number of hydrogen-bond donors (Lipinski definition) is 0. The lowest BCUT2D eigenvalue weighted by Crippen LogP contribution is -2.35. The van der Waals surface area contributed by atoms with Gasteiger partial charge in [-0.15, -0.1) is 0 Å². The van der Waals surface area contributed by atoms with E-state index in [1.165, 1.54) is 32.1 Å². The first kappa shape index (κ1) is 11.6. The molecule has 0 atom stereocenters. The molecule has 0 spiro atoms. The third-order valence-corrected chi connectivity index (χ3v) is 3.83. The fourth-order valence-corrected chi connectivity index (χ4v) is 2.79. The fraction of sp³-hybridized carbons (Fsp3) is 0.846. The van der Waals surface area contributed by atoms with Crippen LogP contribution in [-0.4, -0.2) is 29.7 Å². The van der Waals surface area contributed by atoms with Crippen LogP contribution >= 0.6 is 0 Å². The van der Waals surface area contributed by atoms with Gasteiger partial charge in [0.1, 0.15) is 5.78 Å². The number of rotatable bonds is 2. The van der Waals surface area contributed by atoms with Gasteiger partial charge in [-0.05, 0) is 18.8 Å². The second kappa shape index (κ2) is 5.46. The first-order valence-electron chi connectivity index (χ1n) is 6.55. The van der Waals surface area contributed by atoms with Gasteiger partial charge in [0.15, 0.2) is 0 Å². The zero-order valence-corrected chi connectivity index (χ0v) is 9.91. The van der Waals surface area contributed by atoms with Crippen molar-refractivity contribution in [3.05, 3.63) is 0 Å². The molecular formula is C13H21NO2. The molecule has 0 aromatic rings. The standard InChI is InChI=1S/C13H21NO2/c15-12-6-7-13(16)14(9-8-12)10-11-4-2-1-3-5-11/h11H,1-10H2. The summed E-state index contributed by atoms with van der Waals surface area (Å²) in [6.45, 7) is 1.56. The Morgan fingerprint density at radius 1 is 1.00 bits per heavy atom. The summed E-state index contributed by atoms with van der Waals surface area (Å²) in [7, 11) is 0. The molecule has 1 saturated heterocycles. The number of carbonyl (C=O) groups is 2. The quantitative estimate of drug-likeness (QED) is 0.719. The maximum absolute atomic E-state index is 11.8. The first-order valence-corrected chi connectivity index (χ1v) is 6.55. The molecule has 1 aliphatic carbocycles. The van der Waals surface area contributed by atoms with Crippen molar-refractivity contribution < 1.29 is 9.59 Å². The maximum atomic E-state index is 11.8. The van der Waals surface area contributed by atoms with Crippen molar-refractivity contribution in [2.45, 2.75) is 51.4 Å². The second-order valence-electron chi connectivity index (χ2n) is 5.13. The fourth-order valence-electron chi connectivity index (χ4n) is 2.79. The van der Waals surface area contributed by atoms with Crippen LogP contribution in [0.25, 0.3) is 0 Å². The summed E-state index contributed by atoms with van der Waals surface area (Å²) in [6.07, 6.45) is 7.96. The van der Waals surface area contributed by atoms with Gasteiger partial charge < -0.3 is 4.90 Å². The zero-order valence-electron chi connectivity index (χ0n) is 9.91. The highest BCUT2D eigenvalue weighted by atomic mass is 16.2. The Labute approximate surface area is 97.2 Å². The van der Waals surface area contributed by atoms with E-state index in [0.717, 1.165) is 6.54 Å². The molecule has 2 rings (SSSR count). The van der Waals surface area contributed by atoms with Gasteiger partial charge in [0, 0.05) is 32.4 Å². The Balaban J connectivity index is 1.86. The molecule has 16 heavy (non-hydrogen) atoms. The molecule has 0 N–H and O–H groups in total. The van der Waals surface area contributed by atoms with E-state index in [-0.39, 0.29) is 11.7 Å². The number of carbonyl (C=O) groups excluding carboxylic acids is 2. The number of likely N-dealkylation sites (tertiary alicyclic amines) is 1. The van der Waals surface area contributed by atoms with Crippen molar-refractivity contribution in [2.24, 2.45) is 5.92 Å². The minimum atomic E-state index is 0.191. The summed E-state index contributed by atoms with van der Waals surface area (Å²) in [5.74, 6) is 1.13. The molecule has 2 aliphatic rings. The average molecular weight is 223 g/mol. The van der Waals surface area contributed by atoms with E-state index in [1.54, 1.807) is 0 Å². The molecule has 0 bridgehead atoms. The number of hydrogen-bond acceptors (Lipinski definition) is 2. The Hall–Kier alpha value is -0.860. The van der Waals surface area contributed by atoms with Gasteiger partial charge >= 0.3 is 0 Å². The molecular weight excluding hydrogens is 202 g/mol. The Bertz CT molecular complexity index is 269. The predicted octanol–water partition coefficient (Wildman–Crippen LogP) is 2.15. The van der Waals surface area contributed by atoms with Crippen LogP contribution in [0.15, 0.2) is 0 Å². The van der Waals surface area contributed by atoms with E-state index in [1.807, 2.05) is 4.90 Å². The van der Waals surface area contributed by atoms with Crippen molar-refractivity contribution in [3.8, 4) is 0 Å². The normalized spacial score (nSPS) is 24.6. The second-order valence-corrected chi connectivity index (χ2v) is 5.13. The van der Waals surface area contributed by atoms with Crippen molar-refractivity contribution in [1.82, 2.24) is 4.90 Å². The molecule has 0 unspecified atom stereocenters. The van der Waals surface area contributed by atoms with Crippen LogP contribution in [0.1, 0.15) is 51.4 Å². The summed E-state index contributed by atoms with van der Waals surface area (Å²) in [4.78, 5) is 25.0. The topological polar surface area (TPSA) is 37.4 Å². The van der Waals surface area contributed by atoms with E-state index in [4.69, 9.17) is 0 Å². The highest BCUT2D eigenvalue weighted by Gasteiger charge is 2.24. The van der Waals surface area contributed by atoms with E-state index in [9.17, 15) is 9.59 Å². The van der Waals surface area contributed by atoms with Crippen LogP contribution in [-0.2, 0) is 9.59 Å². The van der Waals surface area contributed by atoms with Gasteiger partial charge in [0.2, 0.25) is 5.91 Å². The molecule has 1 aliphatic heterocycles. The molecule has 2 fully saturated rings. The highest BCUT2D eigenvalue weighted by Crippen LogP contribution is 2.25. The van der Waals surface area contributed by atoms with Crippen LogP contribution in [0.4, 0.5) is 0 Å². The minimum Gasteiger partial charge on any atom is -0.342 e. The summed E-state index contributed by atoms with van der Waals surface area (Å²) in [5, 5.41) is 0. The van der Waals surface area contributed by atoms with Gasteiger partial charge in [0.25, 0.3) is 0 Å². The van der Waals surface area contributed by atoms with Gasteiger partial charge in [0.05, 0.1) is 0 Å². The van der Waals surface area contributed by atoms with Crippen LogP contribution in [0.3, 0.4) is 0 Å². The molecule has 1 heterocycles. The molecule has 1 amide bonds. The predicted molar refractivity (Wildman–Crippen MR) is 62.0 cm³/mol. The third-order valence-electron chi connectivity index (χ3n) is 3.83. The summed E-state index contributed by atoms with van der Waals surface area (Å²) < 4.78 is 0. The Kier molecular flexibility index (Phi) is 3.97. The van der Waals surface area contributed by atoms with Crippen LogP contribution in [0.2, 0.25) is 0 Å². The summed E-state index contributed by atoms with van der Waals surface area (Å²) in [6, 6.07) is 0. The molecule has 3 heteroatoms. The molecule has 1 saturated carbocycles. The first-order chi connectivity index (χ1) is 7.75. The van der Waals surface area contributed by atoms with E-state index < -0.39 is 0 Å². The Morgan fingerprint density at radius 3 is 2.50 bits per heavy atom. The van der Waals surface area contributed by atoms with Gasteiger partial charge in [-0.1, -0.05) is 19.3 Å². The monoisotopic (exact) mass is 223 g/mol. The zero-order chi connectivity index (χ0) is 11.4. The van der Waals surface area contributed by atoms with Crippen molar-refractivity contribution in [3.63, 3.8) is 0 Å². The van der Waals surface area contributed by atoms with Crippen molar-refractivity contribution in [2.75, 3.05) is 13.1 Å². The number of nitrogens with zero attached hydrogens (tertiary/aromatic N) is 1. The van der Waals surface area contributed by atoms with Crippen LogP contribution < -0.4 is 0 Å². The summed E-state index contributed by atoms with van der Waals surface area (Å²) >= 11 is 0. The third kappa shape index (κ3) is 3.06. The molecule has 0 aromatic carbocycles. The van der Waals surface area contributed by atoms with Crippen LogP contribution in [0.5, 0.6) is 0 Å². The largest absolute Gasteiger partial charge is 0.342 e. The van der Waals surface area contributed by atoms with Crippen LogP contribution in [0, 0.1) is 5.92 Å². The number of Topliss-reactive ketones (excluding diaryl/α,β-unsaturated/α-hetero) is 1. The lowest BCUT2D eigenvalue weighted by Gasteiger charge is -2.28. The van der Waals surface area contributed by atoms with Gasteiger partial charge in [-0.2, -0.15) is 0 Å². The SMILES string of the molecule is O=C1CCC(=O)N(CC2CCCCC2)CC1. The average Bonchev–Trinajstić information content (AvgIpc) is 2.46. The van der Waals surface area contributed by atoms with E-state index >= 15 is 0 Å². The number of ketones is 1. The molecule has 0 aromatic heterocycles. The van der Waals surface area contributed by atoms with E-state index in [2.05, 4.69) is 0 Å².